The number of benzene rings is 1. The van der Waals surface area contributed by atoms with Gasteiger partial charge < -0.3 is 24.5 Å². The number of fused-ring (bicyclic) bond motifs is 1. The molecule has 8 nitrogen and oxygen atoms in total. The van der Waals surface area contributed by atoms with Crippen LogP contribution in [0.4, 0.5) is 10.2 Å². The van der Waals surface area contributed by atoms with E-state index in [2.05, 4.69) is 21.9 Å². The van der Waals surface area contributed by atoms with E-state index in [0.29, 0.717) is 41.4 Å². The molecule has 0 bridgehead atoms. The lowest BCUT2D eigenvalue weighted by atomic mass is 10.1. The van der Waals surface area contributed by atoms with Crippen molar-refractivity contribution >= 4 is 17.0 Å². The van der Waals surface area contributed by atoms with Gasteiger partial charge in [-0.05, 0) is 24.1 Å². The Morgan fingerprint density at radius 3 is 2.27 bits per heavy atom. The van der Waals surface area contributed by atoms with Gasteiger partial charge in [-0.15, -0.1) is 0 Å². The number of rotatable bonds is 10. The smallest absolute Gasteiger partial charge is 0.312 e. The number of anilines is 1. The van der Waals surface area contributed by atoms with Crippen LogP contribution in [0.3, 0.4) is 0 Å². The Kier molecular flexibility index (Phi) is 6.91. The molecular formula is C21H28FN5O3. The van der Waals surface area contributed by atoms with Crippen LogP contribution in [0.2, 0.25) is 0 Å². The average molecular weight is 417 g/mol. The summed E-state index contributed by atoms with van der Waals surface area (Å²) in [5.74, 6) is 2.40. The van der Waals surface area contributed by atoms with Gasteiger partial charge in [0.15, 0.2) is 28.5 Å². The average Bonchev–Trinajstić information content (AvgIpc) is 3.07. The van der Waals surface area contributed by atoms with Crippen molar-refractivity contribution in [2.45, 2.75) is 45.6 Å². The highest BCUT2D eigenvalue weighted by atomic mass is 19.1. The summed E-state index contributed by atoms with van der Waals surface area (Å²) < 4.78 is 32.1. The number of hydrogen-bond acceptors (Lipinski definition) is 7. The zero-order valence-corrected chi connectivity index (χ0v) is 17.9. The van der Waals surface area contributed by atoms with E-state index in [1.54, 1.807) is 21.3 Å². The third-order valence-electron chi connectivity index (χ3n) is 5.00. The molecule has 0 radical (unpaired) electrons. The van der Waals surface area contributed by atoms with Gasteiger partial charge in [-0.25, -0.2) is 4.98 Å². The monoisotopic (exact) mass is 417 g/mol. The Bertz CT molecular complexity index is 997. The minimum atomic E-state index is -0.853. The molecule has 0 aliphatic carbocycles. The third-order valence-corrected chi connectivity index (χ3v) is 5.00. The number of unbranched alkanes of at least 4 members (excludes halogenated alkanes) is 3. The molecule has 2 heterocycles. The van der Waals surface area contributed by atoms with E-state index in [4.69, 9.17) is 19.9 Å². The number of ether oxygens (including phenoxy) is 3. The van der Waals surface area contributed by atoms with Crippen LogP contribution in [-0.2, 0) is 13.0 Å². The molecule has 0 aliphatic rings. The zero-order valence-electron chi connectivity index (χ0n) is 17.9. The minimum Gasteiger partial charge on any atom is -0.493 e. The topological polar surface area (TPSA) is 97.3 Å². The second-order valence-electron chi connectivity index (χ2n) is 7.00. The molecule has 0 saturated carbocycles. The fraction of sp³-hybridized carbons (Fsp3) is 0.476. The summed E-state index contributed by atoms with van der Waals surface area (Å²) in [6.45, 7) is 2.83. The van der Waals surface area contributed by atoms with E-state index >= 15 is 0 Å². The predicted molar refractivity (Wildman–Crippen MR) is 113 cm³/mol. The van der Waals surface area contributed by atoms with Gasteiger partial charge in [0.05, 0.1) is 21.3 Å². The van der Waals surface area contributed by atoms with Crippen molar-refractivity contribution < 1.29 is 18.6 Å². The van der Waals surface area contributed by atoms with E-state index in [9.17, 15) is 4.39 Å². The summed E-state index contributed by atoms with van der Waals surface area (Å²) in [6.07, 6.45) is 3.89. The Balaban J connectivity index is 2.03. The lowest BCUT2D eigenvalue weighted by Crippen LogP contribution is -2.07. The van der Waals surface area contributed by atoms with Gasteiger partial charge in [0.1, 0.15) is 5.82 Å². The van der Waals surface area contributed by atoms with Crippen molar-refractivity contribution in [3.63, 3.8) is 0 Å². The molecule has 2 N–H and O–H groups in total. The number of nitrogens with two attached hydrogens (primary N) is 1. The van der Waals surface area contributed by atoms with Crippen molar-refractivity contribution in [1.29, 1.82) is 0 Å². The molecule has 30 heavy (non-hydrogen) atoms. The van der Waals surface area contributed by atoms with Crippen molar-refractivity contribution in [2.24, 2.45) is 0 Å². The Morgan fingerprint density at radius 1 is 0.967 bits per heavy atom. The molecule has 162 valence electrons. The highest BCUT2D eigenvalue weighted by Gasteiger charge is 2.19. The van der Waals surface area contributed by atoms with Crippen molar-refractivity contribution in [3.8, 4) is 17.2 Å². The molecule has 0 unspecified atom stereocenters. The third kappa shape index (κ3) is 4.39. The summed E-state index contributed by atoms with van der Waals surface area (Å²) in [7, 11) is 4.71. The van der Waals surface area contributed by atoms with Crippen LogP contribution in [0.5, 0.6) is 17.2 Å². The van der Waals surface area contributed by atoms with Crippen LogP contribution >= 0.6 is 0 Å². The first-order valence-corrected chi connectivity index (χ1v) is 9.99. The maximum atomic E-state index is 13.8. The number of methoxy groups -OCH3 is 3. The number of nitrogens with zero attached hydrogens (tertiary/aromatic N) is 4. The SMILES string of the molecule is CCCCCCn1c(Cc2cc(OC)c(OC)c(OC)c2)nc2c(N)nc(F)nc21. The zero-order chi connectivity index (χ0) is 21.7. The predicted octanol–water partition coefficient (Wildman–Crippen LogP) is 3.74. The van der Waals surface area contributed by atoms with Crippen LogP contribution in [0.1, 0.15) is 44.0 Å². The van der Waals surface area contributed by atoms with Gasteiger partial charge in [-0.1, -0.05) is 26.2 Å². The van der Waals surface area contributed by atoms with E-state index in [0.717, 1.165) is 37.1 Å². The molecule has 3 aromatic rings. The van der Waals surface area contributed by atoms with Gasteiger partial charge in [0.2, 0.25) is 5.75 Å². The van der Waals surface area contributed by atoms with Crippen LogP contribution in [0.25, 0.3) is 11.2 Å². The fourth-order valence-electron chi connectivity index (χ4n) is 3.53. The quantitative estimate of drug-likeness (QED) is 0.396. The van der Waals surface area contributed by atoms with Crippen molar-refractivity contribution in [3.05, 3.63) is 29.6 Å². The molecule has 0 saturated heterocycles. The van der Waals surface area contributed by atoms with Crippen LogP contribution in [0, 0.1) is 6.08 Å². The maximum absolute atomic E-state index is 13.8. The lowest BCUT2D eigenvalue weighted by Gasteiger charge is -2.14. The molecule has 0 fully saturated rings. The van der Waals surface area contributed by atoms with Crippen LogP contribution in [-0.4, -0.2) is 40.8 Å². The van der Waals surface area contributed by atoms with E-state index in [1.807, 2.05) is 16.7 Å². The van der Waals surface area contributed by atoms with E-state index in [1.165, 1.54) is 0 Å². The summed E-state index contributed by atoms with van der Waals surface area (Å²) in [5.41, 5.74) is 7.65. The molecule has 0 spiro atoms. The molecule has 0 amide bonds. The van der Waals surface area contributed by atoms with Gasteiger partial charge >= 0.3 is 6.08 Å². The first-order valence-electron chi connectivity index (χ1n) is 9.99. The standard InChI is InChI=1S/C21H28FN5O3/c1-5-6-7-8-9-27-16(24-17-19(23)25-21(22)26-20(17)27)12-13-10-14(28-2)18(30-4)15(11-13)29-3/h10-11H,5-9,12H2,1-4H3,(H2,23,25,26). The minimum absolute atomic E-state index is 0.0379. The number of imidazole rings is 1. The largest absolute Gasteiger partial charge is 0.493 e. The first-order chi connectivity index (χ1) is 14.5. The number of aromatic nitrogens is 4. The highest BCUT2D eigenvalue weighted by Crippen LogP contribution is 2.38. The molecular weight excluding hydrogens is 389 g/mol. The molecule has 1 aromatic carbocycles. The molecule has 9 heteroatoms. The summed E-state index contributed by atoms with van der Waals surface area (Å²) in [6, 6.07) is 3.75. The maximum Gasteiger partial charge on any atom is 0.312 e. The fourth-order valence-corrected chi connectivity index (χ4v) is 3.53. The molecule has 2 aromatic heterocycles. The molecule has 3 rings (SSSR count). The summed E-state index contributed by atoms with van der Waals surface area (Å²) >= 11 is 0. The summed E-state index contributed by atoms with van der Waals surface area (Å²) in [5, 5.41) is 0. The Morgan fingerprint density at radius 2 is 1.67 bits per heavy atom. The van der Waals surface area contributed by atoms with E-state index in [-0.39, 0.29) is 5.82 Å². The van der Waals surface area contributed by atoms with E-state index < -0.39 is 6.08 Å². The van der Waals surface area contributed by atoms with Gasteiger partial charge in [0, 0.05) is 13.0 Å². The van der Waals surface area contributed by atoms with Crippen molar-refractivity contribution in [1.82, 2.24) is 19.5 Å². The Hall–Kier alpha value is -3.10. The Labute approximate surface area is 175 Å². The highest BCUT2D eigenvalue weighted by molar-refractivity contribution is 5.82. The van der Waals surface area contributed by atoms with Gasteiger partial charge in [-0.2, -0.15) is 14.4 Å². The summed E-state index contributed by atoms with van der Waals surface area (Å²) in [4.78, 5) is 12.2. The first kappa shape index (κ1) is 21.6. The number of halogens is 1. The van der Waals surface area contributed by atoms with Crippen LogP contribution in [0.15, 0.2) is 12.1 Å². The van der Waals surface area contributed by atoms with Crippen molar-refractivity contribution in [2.75, 3.05) is 27.1 Å². The van der Waals surface area contributed by atoms with Crippen LogP contribution < -0.4 is 19.9 Å². The van der Waals surface area contributed by atoms with Gasteiger partial charge in [0.25, 0.3) is 0 Å². The number of nitrogen functional groups attached to an aromatic ring is 1. The van der Waals surface area contributed by atoms with Gasteiger partial charge in [-0.3, -0.25) is 0 Å². The normalized spacial score (nSPS) is 11.1. The number of aryl methyl sites for hydroxylation is 1. The number of hydrogen-bond donors (Lipinski definition) is 1. The molecule has 0 aliphatic heterocycles. The second kappa shape index (κ2) is 9.60. The lowest BCUT2D eigenvalue weighted by molar-refractivity contribution is 0.324. The second-order valence-corrected chi connectivity index (χ2v) is 7.00. The molecule has 0 atom stereocenters.